The van der Waals surface area contributed by atoms with Crippen LogP contribution in [0, 0.1) is 13.8 Å². The Morgan fingerprint density at radius 3 is 2.18 bits per heavy atom. The average Bonchev–Trinajstić information content (AvgIpc) is 2.93. The van der Waals surface area contributed by atoms with Gasteiger partial charge in [-0.25, -0.2) is 8.42 Å². The highest BCUT2D eigenvalue weighted by Crippen LogP contribution is 2.31. The number of carbonyl (C=O) groups is 1. The first-order valence-electron chi connectivity index (χ1n) is 12.5. The topological polar surface area (TPSA) is 66.5 Å². The molecule has 0 aliphatic rings. The van der Waals surface area contributed by atoms with Gasteiger partial charge in [0.25, 0.3) is 15.9 Å². The van der Waals surface area contributed by atoms with Crippen LogP contribution in [-0.4, -0.2) is 20.9 Å². The van der Waals surface area contributed by atoms with E-state index in [0.29, 0.717) is 22.8 Å². The van der Waals surface area contributed by atoms with Crippen molar-refractivity contribution in [2.75, 3.05) is 10.8 Å². The van der Waals surface area contributed by atoms with Crippen molar-refractivity contribution in [1.82, 2.24) is 5.32 Å². The summed E-state index contributed by atoms with van der Waals surface area (Å²) in [5.41, 5.74) is 5.06. The molecule has 0 bridgehead atoms. The van der Waals surface area contributed by atoms with Gasteiger partial charge in [0.1, 0.15) is 0 Å². The monoisotopic (exact) mass is 546 g/mol. The molecule has 0 saturated carbocycles. The van der Waals surface area contributed by atoms with Crippen LogP contribution in [0.1, 0.15) is 39.0 Å². The number of hydrogen-bond donors (Lipinski definition) is 1. The van der Waals surface area contributed by atoms with Crippen molar-refractivity contribution in [3.8, 4) is 0 Å². The van der Waals surface area contributed by atoms with E-state index < -0.39 is 10.0 Å². The fourth-order valence-electron chi connectivity index (χ4n) is 4.15. The van der Waals surface area contributed by atoms with Gasteiger partial charge in [-0.3, -0.25) is 9.10 Å². The number of rotatable bonds is 10. The lowest BCUT2D eigenvalue weighted by molar-refractivity contribution is 0.0953. The van der Waals surface area contributed by atoms with Gasteiger partial charge in [0.15, 0.2) is 0 Å². The van der Waals surface area contributed by atoms with Crippen molar-refractivity contribution < 1.29 is 13.2 Å². The zero-order chi connectivity index (χ0) is 27.1. The molecule has 7 heteroatoms. The maximum absolute atomic E-state index is 13.7. The van der Waals surface area contributed by atoms with E-state index in [1.165, 1.54) is 15.4 Å². The molecule has 0 aromatic heterocycles. The van der Waals surface area contributed by atoms with E-state index in [0.717, 1.165) is 24.0 Å². The highest BCUT2D eigenvalue weighted by atomic mass is 35.5. The summed E-state index contributed by atoms with van der Waals surface area (Å²) >= 11 is 6.24. The minimum absolute atomic E-state index is 0.0941. The largest absolute Gasteiger partial charge is 0.352 e. The Morgan fingerprint density at radius 1 is 0.842 bits per heavy atom. The van der Waals surface area contributed by atoms with Crippen molar-refractivity contribution in [3.05, 3.63) is 130 Å². The molecule has 5 nitrogen and oxygen atoms in total. The Hall–Kier alpha value is -3.61. The zero-order valence-electron chi connectivity index (χ0n) is 21.5. The van der Waals surface area contributed by atoms with Crippen LogP contribution in [0.5, 0.6) is 0 Å². The van der Waals surface area contributed by atoms with Crippen LogP contribution >= 0.6 is 11.6 Å². The number of amides is 1. The fraction of sp³-hybridized carbons (Fsp3) is 0.194. The lowest BCUT2D eigenvalue weighted by Gasteiger charge is -2.26. The van der Waals surface area contributed by atoms with Gasteiger partial charge >= 0.3 is 0 Å². The van der Waals surface area contributed by atoms with Gasteiger partial charge in [-0.2, -0.15) is 0 Å². The number of aryl methyl sites for hydroxylation is 3. The van der Waals surface area contributed by atoms with Crippen LogP contribution in [0.3, 0.4) is 0 Å². The van der Waals surface area contributed by atoms with Crippen molar-refractivity contribution in [3.63, 3.8) is 0 Å². The number of carbonyl (C=O) groups excluding carboxylic acids is 1. The summed E-state index contributed by atoms with van der Waals surface area (Å²) in [6, 6.07) is 29.0. The predicted molar refractivity (Wildman–Crippen MR) is 154 cm³/mol. The molecule has 1 amide bonds. The Labute approximate surface area is 230 Å². The van der Waals surface area contributed by atoms with Crippen LogP contribution in [0.2, 0.25) is 5.02 Å². The average molecular weight is 547 g/mol. The second-order valence-corrected chi connectivity index (χ2v) is 11.6. The minimum Gasteiger partial charge on any atom is -0.352 e. The van der Waals surface area contributed by atoms with Crippen LogP contribution in [0.4, 0.5) is 5.69 Å². The number of nitrogens with one attached hydrogen (secondary N) is 1. The van der Waals surface area contributed by atoms with Gasteiger partial charge in [0.05, 0.1) is 17.1 Å². The summed E-state index contributed by atoms with van der Waals surface area (Å²) in [5.74, 6) is -0.153. The maximum Gasteiger partial charge on any atom is 0.264 e. The van der Waals surface area contributed by atoms with E-state index in [4.69, 9.17) is 11.6 Å². The third-order valence-corrected chi connectivity index (χ3v) is 8.37. The molecule has 0 radical (unpaired) electrons. The summed E-state index contributed by atoms with van der Waals surface area (Å²) in [7, 11) is -3.86. The summed E-state index contributed by atoms with van der Waals surface area (Å²) in [6.07, 6.45) is 1.74. The summed E-state index contributed by atoms with van der Waals surface area (Å²) < 4.78 is 28.7. The van der Waals surface area contributed by atoms with E-state index in [1.807, 2.05) is 6.92 Å². The first-order chi connectivity index (χ1) is 18.2. The number of nitrogens with zero attached hydrogens (tertiary/aromatic N) is 1. The predicted octanol–water partition coefficient (Wildman–Crippen LogP) is 6.71. The smallest absolute Gasteiger partial charge is 0.264 e. The molecule has 0 unspecified atom stereocenters. The van der Waals surface area contributed by atoms with Crippen molar-refractivity contribution in [2.24, 2.45) is 0 Å². The highest BCUT2D eigenvalue weighted by molar-refractivity contribution is 7.92. The lowest BCUT2D eigenvalue weighted by Crippen LogP contribution is -2.31. The lowest BCUT2D eigenvalue weighted by atomic mass is 10.1. The molecule has 0 spiro atoms. The minimum atomic E-state index is -3.86. The van der Waals surface area contributed by atoms with Gasteiger partial charge < -0.3 is 5.32 Å². The van der Waals surface area contributed by atoms with Crippen LogP contribution < -0.4 is 9.62 Å². The quantitative estimate of drug-likeness (QED) is 0.225. The number of hydrogen-bond acceptors (Lipinski definition) is 3. The van der Waals surface area contributed by atoms with Crippen molar-refractivity contribution >= 4 is 33.2 Å². The Balaban J connectivity index is 1.46. The molecular weight excluding hydrogens is 516 g/mol. The first kappa shape index (κ1) is 27.4. The molecule has 0 saturated heterocycles. The second kappa shape index (κ2) is 12.3. The highest BCUT2D eigenvalue weighted by Gasteiger charge is 2.26. The summed E-state index contributed by atoms with van der Waals surface area (Å²) in [6.45, 7) is 4.58. The molecule has 0 aliphatic carbocycles. The summed E-state index contributed by atoms with van der Waals surface area (Å²) in [4.78, 5) is 12.8. The molecule has 1 N–H and O–H groups in total. The summed E-state index contributed by atoms with van der Waals surface area (Å²) in [5, 5.41) is 3.42. The van der Waals surface area contributed by atoms with Gasteiger partial charge in [-0.15, -0.1) is 0 Å². The Morgan fingerprint density at radius 2 is 1.50 bits per heavy atom. The standard InChI is InChI=1S/C31H31ClN2O3S/c1-23-10-13-25(14-11-23)7-6-20-33-31(35)27-17-15-26(16-18-27)22-34(30-21-28(32)19-12-24(30)2)38(36,37)29-8-4-3-5-9-29/h3-5,8-19,21H,6-7,20,22H2,1-2H3,(H,33,35). The Bertz CT molecular complexity index is 1490. The van der Waals surface area contributed by atoms with Crippen LogP contribution in [0.25, 0.3) is 0 Å². The van der Waals surface area contributed by atoms with Gasteiger partial charge in [-0.05, 0) is 79.8 Å². The van der Waals surface area contributed by atoms with Crippen molar-refractivity contribution in [2.45, 2.75) is 38.1 Å². The first-order valence-corrected chi connectivity index (χ1v) is 14.3. The van der Waals surface area contributed by atoms with E-state index in [1.54, 1.807) is 72.8 Å². The van der Waals surface area contributed by atoms with Crippen molar-refractivity contribution in [1.29, 1.82) is 0 Å². The van der Waals surface area contributed by atoms with Crippen LogP contribution in [0.15, 0.2) is 102 Å². The molecule has 0 atom stereocenters. The number of halogens is 1. The zero-order valence-corrected chi connectivity index (χ0v) is 23.1. The number of benzene rings is 4. The molecule has 0 fully saturated rings. The molecule has 0 aliphatic heterocycles. The van der Waals surface area contributed by atoms with Gasteiger partial charge in [0.2, 0.25) is 0 Å². The fourth-order valence-corrected chi connectivity index (χ4v) is 5.85. The molecule has 0 heterocycles. The molecule has 4 aromatic rings. The molecule has 4 aromatic carbocycles. The van der Waals surface area contributed by atoms with E-state index in [9.17, 15) is 13.2 Å². The number of sulfonamides is 1. The van der Waals surface area contributed by atoms with Gasteiger partial charge in [-0.1, -0.05) is 77.8 Å². The normalized spacial score (nSPS) is 11.2. The van der Waals surface area contributed by atoms with E-state index >= 15 is 0 Å². The third kappa shape index (κ3) is 6.82. The molecule has 4 rings (SSSR count). The SMILES string of the molecule is Cc1ccc(CCCNC(=O)c2ccc(CN(c3cc(Cl)ccc3C)S(=O)(=O)c3ccccc3)cc2)cc1. The second-order valence-electron chi connectivity index (χ2n) is 9.30. The number of anilines is 1. The third-order valence-electron chi connectivity index (χ3n) is 6.36. The Kier molecular flexibility index (Phi) is 8.87. The van der Waals surface area contributed by atoms with E-state index in [-0.39, 0.29) is 17.3 Å². The maximum atomic E-state index is 13.7. The molecule has 38 heavy (non-hydrogen) atoms. The molecule has 196 valence electrons. The van der Waals surface area contributed by atoms with Crippen LogP contribution in [-0.2, 0) is 23.0 Å². The van der Waals surface area contributed by atoms with Gasteiger partial charge in [0, 0.05) is 17.1 Å². The van der Waals surface area contributed by atoms with E-state index in [2.05, 4.69) is 36.5 Å². The molecular formula is C31H31ClN2O3S.